The molecule has 1 saturated heterocycles. The second-order valence-electron chi connectivity index (χ2n) is 6.26. The van der Waals surface area contributed by atoms with E-state index >= 15 is 0 Å². The number of carbonyl (C=O) groups is 2. The van der Waals surface area contributed by atoms with E-state index in [4.69, 9.17) is 15.6 Å². The van der Waals surface area contributed by atoms with Crippen molar-refractivity contribution in [2.24, 2.45) is 11.7 Å². The number of nitrogens with one attached hydrogen (secondary N) is 2. The van der Waals surface area contributed by atoms with Crippen molar-refractivity contribution in [2.75, 3.05) is 6.54 Å². The van der Waals surface area contributed by atoms with Crippen molar-refractivity contribution >= 4 is 22.8 Å². The molecule has 0 bridgehead atoms. The summed E-state index contributed by atoms with van der Waals surface area (Å²) in [6.45, 7) is 1.80. The van der Waals surface area contributed by atoms with Crippen molar-refractivity contribution < 1.29 is 14.7 Å². The van der Waals surface area contributed by atoms with E-state index in [1.165, 1.54) is 22.0 Å². The van der Waals surface area contributed by atoms with Crippen LogP contribution in [0.15, 0.2) is 24.4 Å². The minimum atomic E-state index is -0.833. The van der Waals surface area contributed by atoms with Crippen LogP contribution in [-0.4, -0.2) is 34.6 Å². The van der Waals surface area contributed by atoms with Crippen LogP contribution in [0.4, 0.5) is 0 Å². The lowest BCUT2D eigenvalue weighted by Gasteiger charge is -2.39. The molecule has 6 heteroatoms. The van der Waals surface area contributed by atoms with Crippen LogP contribution in [0.5, 0.6) is 0 Å². The van der Waals surface area contributed by atoms with Crippen molar-refractivity contribution in [1.82, 2.24) is 10.3 Å². The van der Waals surface area contributed by atoms with Gasteiger partial charge in [-0.3, -0.25) is 9.59 Å². The van der Waals surface area contributed by atoms with Gasteiger partial charge >= 0.3 is 0 Å². The first kappa shape index (κ1) is 15.6. The molecular formula is C17H21N3O3. The highest BCUT2D eigenvalue weighted by atomic mass is 16.4. The number of aliphatic carboxylic acids is 1. The summed E-state index contributed by atoms with van der Waals surface area (Å²) in [6.07, 6.45) is 4.02. The number of primary amides is 1. The summed E-state index contributed by atoms with van der Waals surface area (Å²) < 4.78 is 0. The van der Waals surface area contributed by atoms with Crippen LogP contribution in [0.3, 0.4) is 0 Å². The average Bonchev–Trinajstić information content (AvgIpc) is 2.91. The fourth-order valence-corrected chi connectivity index (χ4v) is 3.76. The van der Waals surface area contributed by atoms with Gasteiger partial charge in [-0.15, -0.1) is 0 Å². The molecule has 1 fully saturated rings. The number of aromatic nitrogens is 1. The fraction of sp³-hybridized carbons (Fsp3) is 0.412. The first-order valence-electron chi connectivity index (χ1n) is 7.78. The number of hydrogen-bond acceptors (Lipinski definition) is 3. The molecule has 0 spiro atoms. The Kier molecular flexibility index (Phi) is 4.09. The smallest absolute Gasteiger partial charge is 0.300 e. The molecule has 2 aromatic rings. The molecule has 4 rings (SSSR count). The van der Waals surface area contributed by atoms with Crippen molar-refractivity contribution in [2.45, 2.75) is 31.7 Å². The van der Waals surface area contributed by atoms with E-state index in [1.807, 2.05) is 0 Å². The zero-order chi connectivity index (χ0) is 16.6. The summed E-state index contributed by atoms with van der Waals surface area (Å²) >= 11 is 0. The molecule has 1 aliphatic heterocycles. The maximum Gasteiger partial charge on any atom is 0.300 e. The van der Waals surface area contributed by atoms with Gasteiger partial charge in [0.15, 0.2) is 0 Å². The van der Waals surface area contributed by atoms with E-state index in [0.717, 1.165) is 19.8 Å². The van der Waals surface area contributed by atoms with E-state index < -0.39 is 5.97 Å². The maximum absolute atomic E-state index is 11.4. The monoisotopic (exact) mass is 315 g/mol. The number of H-pyrrole nitrogens is 1. The zero-order valence-corrected chi connectivity index (χ0v) is 13.0. The van der Waals surface area contributed by atoms with Crippen LogP contribution in [0.1, 0.15) is 30.4 Å². The van der Waals surface area contributed by atoms with Crippen LogP contribution < -0.4 is 11.1 Å². The minimum Gasteiger partial charge on any atom is -0.481 e. The molecule has 1 amide bonds. The summed E-state index contributed by atoms with van der Waals surface area (Å²) in [5.41, 5.74) is 9.43. The van der Waals surface area contributed by atoms with Crippen LogP contribution in [0, 0.1) is 5.92 Å². The quantitative estimate of drug-likeness (QED) is 0.637. The van der Waals surface area contributed by atoms with Gasteiger partial charge in [0.25, 0.3) is 5.97 Å². The zero-order valence-electron chi connectivity index (χ0n) is 13.0. The Morgan fingerprint density at radius 1 is 1.35 bits per heavy atom. The molecule has 122 valence electrons. The highest BCUT2D eigenvalue weighted by Crippen LogP contribution is 2.41. The summed E-state index contributed by atoms with van der Waals surface area (Å²) in [4.78, 5) is 23.8. The van der Waals surface area contributed by atoms with Gasteiger partial charge in [-0.1, -0.05) is 12.1 Å². The first-order valence-corrected chi connectivity index (χ1v) is 7.78. The van der Waals surface area contributed by atoms with Gasteiger partial charge in [0.2, 0.25) is 5.91 Å². The van der Waals surface area contributed by atoms with Crippen molar-refractivity contribution in [3.63, 3.8) is 0 Å². The predicted octanol–water partition coefficient (Wildman–Crippen LogP) is 1.36. The Morgan fingerprint density at radius 3 is 2.78 bits per heavy atom. The number of carboxylic acid groups (broad SMARTS) is 1. The Balaban J connectivity index is 0.000000354. The molecule has 5 N–H and O–H groups in total. The van der Waals surface area contributed by atoms with Gasteiger partial charge in [-0.2, -0.15) is 0 Å². The second kappa shape index (κ2) is 6.04. The number of hydrogen-bond donors (Lipinski definition) is 4. The molecule has 23 heavy (non-hydrogen) atoms. The van der Waals surface area contributed by atoms with Crippen LogP contribution in [0.25, 0.3) is 10.9 Å². The van der Waals surface area contributed by atoms with E-state index in [1.54, 1.807) is 0 Å². The topological polar surface area (TPSA) is 108 Å². The Bertz CT molecular complexity index is 749. The number of fused-ring (bicyclic) bond motifs is 2. The Labute approximate surface area is 134 Å². The van der Waals surface area contributed by atoms with E-state index in [-0.39, 0.29) is 11.8 Å². The highest BCUT2D eigenvalue weighted by molar-refractivity contribution is 5.88. The van der Waals surface area contributed by atoms with Gasteiger partial charge in [-0.25, -0.2) is 0 Å². The summed E-state index contributed by atoms with van der Waals surface area (Å²) in [5.74, 6) is -0.659. The lowest BCUT2D eigenvalue weighted by molar-refractivity contribution is -0.134. The number of amides is 1. The number of carbonyl (C=O) groups excluding carboxylic acids is 1. The number of nitrogens with two attached hydrogens (primary N) is 1. The van der Waals surface area contributed by atoms with Crippen LogP contribution in [-0.2, 0) is 16.0 Å². The summed E-state index contributed by atoms with van der Waals surface area (Å²) in [5, 5.41) is 12.3. The van der Waals surface area contributed by atoms with Crippen molar-refractivity contribution in [3.05, 3.63) is 35.5 Å². The minimum absolute atomic E-state index is 0.0444. The number of carboxylic acids is 1. The SMILES string of the molecule is CC(=O)O.NC(=O)C1CN[C@@H]2Cc3c[nH]c4cccc(c34)[C@H]2C1. The van der Waals surface area contributed by atoms with Gasteiger partial charge in [0.05, 0.1) is 5.92 Å². The third kappa shape index (κ3) is 2.94. The predicted molar refractivity (Wildman–Crippen MR) is 87.1 cm³/mol. The molecule has 6 nitrogen and oxygen atoms in total. The van der Waals surface area contributed by atoms with Gasteiger partial charge in [-0.05, 0) is 30.0 Å². The molecule has 2 heterocycles. The Morgan fingerprint density at radius 2 is 2.09 bits per heavy atom. The number of piperidine rings is 1. The van der Waals surface area contributed by atoms with E-state index in [0.29, 0.717) is 18.5 Å². The van der Waals surface area contributed by atoms with Crippen molar-refractivity contribution in [3.8, 4) is 0 Å². The molecule has 1 unspecified atom stereocenters. The molecule has 3 atom stereocenters. The molecule has 2 aliphatic rings. The summed E-state index contributed by atoms with van der Waals surface area (Å²) in [7, 11) is 0. The molecular weight excluding hydrogens is 294 g/mol. The standard InChI is InChI=1S/C15H17N3O.C2H4O2/c16-15(19)9-4-11-10-2-1-3-12-14(10)8(6-17-12)5-13(11)18-7-9;1-2(3)4/h1-3,6,9,11,13,17-18H,4-5,7H2,(H2,16,19);1H3,(H,3,4)/t9?,11-,13-;/m1./s1. The fourth-order valence-electron chi connectivity index (χ4n) is 3.76. The number of rotatable bonds is 1. The molecule has 0 saturated carbocycles. The van der Waals surface area contributed by atoms with E-state index in [9.17, 15) is 4.79 Å². The summed E-state index contributed by atoms with van der Waals surface area (Å²) in [6, 6.07) is 6.84. The van der Waals surface area contributed by atoms with Gasteiger partial charge in [0.1, 0.15) is 0 Å². The normalized spacial score (nSPS) is 25.2. The third-order valence-electron chi connectivity index (χ3n) is 4.71. The second-order valence-corrected chi connectivity index (χ2v) is 6.26. The highest BCUT2D eigenvalue weighted by Gasteiger charge is 2.37. The largest absolute Gasteiger partial charge is 0.481 e. The maximum atomic E-state index is 11.4. The first-order chi connectivity index (χ1) is 11.0. The molecule has 1 aliphatic carbocycles. The van der Waals surface area contributed by atoms with Crippen molar-refractivity contribution in [1.29, 1.82) is 0 Å². The van der Waals surface area contributed by atoms with Crippen LogP contribution >= 0.6 is 0 Å². The lowest BCUT2D eigenvalue weighted by Crippen LogP contribution is -2.49. The molecule has 0 radical (unpaired) electrons. The van der Waals surface area contributed by atoms with E-state index in [2.05, 4.69) is 34.7 Å². The van der Waals surface area contributed by atoms with Crippen LogP contribution in [0.2, 0.25) is 0 Å². The lowest BCUT2D eigenvalue weighted by atomic mass is 9.73. The number of aromatic amines is 1. The van der Waals surface area contributed by atoms with Gasteiger partial charge in [0, 0.05) is 42.5 Å². The number of benzene rings is 1. The Hall–Kier alpha value is -2.34. The van der Waals surface area contributed by atoms with Gasteiger partial charge < -0.3 is 21.1 Å². The third-order valence-corrected chi connectivity index (χ3v) is 4.71. The molecule has 1 aromatic heterocycles. The molecule has 1 aromatic carbocycles. The average molecular weight is 315 g/mol.